The van der Waals surface area contributed by atoms with E-state index in [0.717, 1.165) is 11.1 Å². The van der Waals surface area contributed by atoms with E-state index in [1.807, 2.05) is 13.0 Å². The van der Waals surface area contributed by atoms with Crippen LogP contribution in [0.5, 0.6) is 17.2 Å². The first-order valence-corrected chi connectivity index (χ1v) is 5.97. The lowest BCUT2D eigenvalue weighted by Crippen LogP contribution is -1.83. The topological polar surface area (TPSA) is 60.7 Å². The standard InChI is InChI=1S/C16H16O3/c1-10(12-4-3-5-14(17)8-12)6-13-9-15(18)11(2)7-16(13)19/h3-9,17-19H,1-2H3/b10-6+. The number of aromatic hydroxyl groups is 3. The average molecular weight is 256 g/mol. The van der Waals surface area contributed by atoms with Crippen LogP contribution in [0.25, 0.3) is 11.6 Å². The quantitative estimate of drug-likeness (QED) is 0.567. The second kappa shape index (κ2) is 5.06. The first kappa shape index (κ1) is 13.0. The van der Waals surface area contributed by atoms with Crippen LogP contribution in [0.15, 0.2) is 36.4 Å². The zero-order valence-corrected chi connectivity index (χ0v) is 10.9. The lowest BCUT2D eigenvalue weighted by Gasteiger charge is -2.06. The summed E-state index contributed by atoms with van der Waals surface area (Å²) in [5.74, 6) is 0.462. The molecule has 0 aliphatic rings. The molecule has 0 unspecified atom stereocenters. The highest BCUT2D eigenvalue weighted by atomic mass is 16.3. The number of benzene rings is 2. The summed E-state index contributed by atoms with van der Waals surface area (Å²) in [5, 5.41) is 29.0. The third-order valence-corrected chi connectivity index (χ3v) is 3.02. The zero-order chi connectivity index (χ0) is 14.0. The molecule has 2 aromatic rings. The van der Waals surface area contributed by atoms with Crippen LogP contribution < -0.4 is 0 Å². The summed E-state index contributed by atoms with van der Waals surface area (Å²) >= 11 is 0. The SMILES string of the molecule is C/C(=C\c1cc(O)c(C)cc1O)c1cccc(O)c1. The maximum absolute atomic E-state index is 9.86. The third-order valence-electron chi connectivity index (χ3n) is 3.02. The molecule has 0 heterocycles. The Labute approximate surface area is 112 Å². The maximum Gasteiger partial charge on any atom is 0.123 e. The lowest BCUT2D eigenvalue weighted by molar-refractivity contribution is 0.456. The van der Waals surface area contributed by atoms with E-state index in [1.165, 1.54) is 12.1 Å². The van der Waals surface area contributed by atoms with Gasteiger partial charge in [0.25, 0.3) is 0 Å². The Kier molecular flexibility index (Phi) is 3.47. The first-order chi connectivity index (χ1) is 8.97. The van der Waals surface area contributed by atoms with Gasteiger partial charge in [-0.25, -0.2) is 0 Å². The van der Waals surface area contributed by atoms with Gasteiger partial charge in [-0.05, 0) is 60.9 Å². The molecule has 0 bridgehead atoms. The van der Waals surface area contributed by atoms with Crippen molar-refractivity contribution in [2.75, 3.05) is 0 Å². The fraction of sp³-hybridized carbons (Fsp3) is 0.125. The Hall–Kier alpha value is -2.42. The van der Waals surface area contributed by atoms with E-state index < -0.39 is 0 Å². The summed E-state index contributed by atoms with van der Waals surface area (Å²) in [6.45, 7) is 3.61. The summed E-state index contributed by atoms with van der Waals surface area (Å²) in [4.78, 5) is 0. The fourth-order valence-electron chi connectivity index (χ4n) is 1.88. The van der Waals surface area contributed by atoms with Crippen molar-refractivity contribution >= 4 is 11.6 Å². The molecular weight excluding hydrogens is 240 g/mol. The minimum atomic E-state index is 0.120. The molecule has 3 heteroatoms. The molecule has 3 nitrogen and oxygen atoms in total. The summed E-state index contributed by atoms with van der Waals surface area (Å²) < 4.78 is 0. The Morgan fingerprint density at radius 1 is 1.00 bits per heavy atom. The van der Waals surface area contributed by atoms with Crippen LogP contribution in [0.4, 0.5) is 0 Å². The molecule has 0 radical (unpaired) electrons. The molecule has 0 saturated carbocycles. The van der Waals surface area contributed by atoms with Crippen LogP contribution in [0, 0.1) is 6.92 Å². The molecule has 0 aliphatic heterocycles. The van der Waals surface area contributed by atoms with Crippen LogP contribution in [0.2, 0.25) is 0 Å². The number of aryl methyl sites for hydroxylation is 1. The van der Waals surface area contributed by atoms with Gasteiger partial charge in [0.1, 0.15) is 17.2 Å². The fourth-order valence-corrected chi connectivity index (χ4v) is 1.88. The zero-order valence-electron chi connectivity index (χ0n) is 10.9. The van der Waals surface area contributed by atoms with Gasteiger partial charge in [-0.3, -0.25) is 0 Å². The second-order valence-corrected chi connectivity index (χ2v) is 4.58. The smallest absolute Gasteiger partial charge is 0.123 e. The van der Waals surface area contributed by atoms with Gasteiger partial charge in [0, 0.05) is 5.56 Å². The van der Waals surface area contributed by atoms with Crippen molar-refractivity contribution in [3.63, 3.8) is 0 Å². The molecule has 0 fully saturated rings. The number of phenolic OH excluding ortho intramolecular Hbond substituents is 3. The van der Waals surface area contributed by atoms with E-state index in [4.69, 9.17) is 0 Å². The van der Waals surface area contributed by atoms with Gasteiger partial charge < -0.3 is 15.3 Å². The van der Waals surface area contributed by atoms with Gasteiger partial charge in [-0.1, -0.05) is 12.1 Å². The van der Waals surface area contributed by atoms with Crippen molar-refractivity contribution in [1.29, 1.82) is 0 Å². The minimum Gasteiger partial charge on any atom is -0.508 e. The summed E-state index contributed by atoms with van der Waals surface area (Å²) in [7, 11) is 0. The lowest BCUT2D eigenvalue weighted by atomic mass is 10.0. The van der Waals surface area contributed by atoms with Crippen molar-refractivity contribution in [3.05, 3.63) is 53.1 Å². The van der Waals surface area contributed by atoms with E-state index in [9.17, 15) is 15.3 Å². The van der Waals surface area contributed by atoms with Crippen molar-refractivity contribution < 1.29 is 15.3 Å². The van der Waals surface area contributed by atoms with Gasteiger partial charge in [0.2, 0.25) is 0 Å². The molecule has 0 atom stereocenters. The van der Waals surface area contributed by atoms with Crippen LogP contribution >= 0.6 is 0 Å². The van der Waals surface area contributed by atoms with Crippen molar-refractivity contribution in [1.82, 2.24) is 0 Å². The number of phenols is 3. The highest BCUT2D eigenvalue weighted by Crippen LogP contribution is 2.30. The van der Waals surface area contributed by atoms with Crippen molar-refractivity contribution in [2.24, 2.45) is 0 Å². The molecule has 0 aromatic heterocycles. The molecule has 0 saturated heterocycles. The molecule has 2 aromatic carbocycles. The number of allylic oxidation sites excluding steroid dienone is 1. The summed E-state index contributed by atoms with van der Waals surface area (Å²) in [6, 6.07) is 9.93. The number of rotatable bonds is 2. The molecule has 0 aliphatic carbocycles. The van der Waals surface area contributed by atoms with Gasteiger partial charge in [0.15, 0.2) is 0 Å². The van der Waals surface area contributed by atoms with E-state index in [1.54, 1.807) is 31.2 Å². The molecule has 3 N–H and O–H groups in total. The number of hydrogen-bond acceptors (Lipinski definition) is 3. The van der Waals surface area contributed by atoms with E-state index in [2.05, 4.69) is 0 Å². The molecule has 98 valence electrons. The minimum absolute atomic E-state index is 0.120. The van der Waals surface area contributed by atoms with Crippen LogP contribution in [-0.2, 0) is 0 Å². The monoisotopic (exact) mass is 256 g/mol. The second-order valence-electron chi connectivity index (χ2n) is 4.58. The maximum atomic E-state index is 9.86. The Balaban J connectivity index is 2.43. The van der Waals surface area contributed by atoms with E-state index in [-0.39, 0.29) is 17.2 Å². The predicted octanol–water partition coefficient (Wildman–Crippen LogP) is 3.67. The average Bonchev–Trinajstić information content (AvgIpc) is 2.36. The van der Waals surface area contributed by atoms with Crippen molar-refractivity contribution in [2.45, 2.75) is 13.8 Å². The highest BCUT2D eigenvalue weighted by Gasteiger charge is 2.05. The number of hydrogen-bond donors (Lipinski definition) is 3. The van der Waals surface area contributed by atoms with Gasteiger partial charge in [-0.15, -0.1) is 0 Å². The van der Waals surface area contributed by atoms with E-state index in [0.29, 0.717) is 11.1 Å². The van der Waals surface area contributed by atoms with Crippen molar-refractivity contribution in [3.8, 4) is 17.2 Å². The van der Waals surface area contributed by atoms with Crippen LogP contribution in [0.3, 0.4) is 0 Å². The van der Waals surface area contributed by atoms with E-state index >= 15 is 0 Å². The van der Waals surface area contributed by atoms with Gasteiger partial charge in [0.05, 0.1) is 0 Å². The molecule has 2 rings (SSSR count). The Bertz CT molecular complexity index is 642. The Morgan fingerprint density at radius 3 is 2.42 bits per heavy atom. The van der Waals surface area contributed by atoms with Gasteiger partial charge in [-0.2, -0.15) is 0 Å². The molecule has 0 amide bonds. The Morgan fingerprint density at radius 2 is 1.74 bits per heavy atom. The van der Waals surface area contributed by atoms with Gasteiger partial charge >= 0.3 is 0 Å². The summed E-state index contributed by atoms with van der Waals surface area (Å²) in [6.07, 6.45) is 1.77. The largest absolute Gasteiger partial charge is 0.508 e. The van der Waals surface area contributed by atoms with Crippen LogP contribution in [-0.4, -0.2) is 15.3 Å². The first-order valence-electron chi connectivity index (χ1n) is 5.97. The molecule has 0 spiro atoms. The molecule has 19 heavy (non-hydrogen) atoms. The van der Waals surface area contributed by atoms with Crippen LogP contribution in [0.1, 0.15) is 23.6 Å². The highest BCUT2D eigenvalue weighted by molar-refractivity contribution is 5.82. The molecular formula is C16H16O3. The summed E-state index contributed by atoms with van der Waals surface area (Å²) in [5.41, 5.74) is 2.92. The third kappa shape index (κ3) is 2.88. The normalized spacial score (nSPS) is 11.6. The predicted molar refractivity (Wildman–Crippen MR) is 76.2 cm³/mol.